The number of alkyl halides is 1. The second-order valence-corrected chi connectivity index (χ2v) is 13.2. The molecule has 0 aliphatic heterocycles. The number of aliphatic hydroxyl groups excluding tert-OH is 1. The highest BCUT2D eigenvalue weighted by Gasteiger charge is 2.28. The lowest BCUT2D eigenvalue weighted by molar-refractivity contribution is -0.870. The summed E-state index contributed by atoms with van der Waals surface area (Å²) in [5, 5.41) is 9.42. The molecule has 0 aliphatic rings. The predicted molar refractivity (Wildman–Crippen MR) is 149 cm³/mol. The molecule has 0 bridgehead atoms. The van der Waals surface area contributed by atoms with Crippen molar-refractivity contribution in [1.82, 2.24) is 0 Å². The minimum atomic E-state index is -4.35. The fraction of sp³-hybridized carbons (Fsp3) is 0.962. The quantitative estimate of drug-likeness (QED) is 0.0411. The van der Waals surface area contributed by atoms with Crippen LogP contribution in [0, 0.1) is 0 Å². The number of quaternary nitrogens is 1. The van der Waals surface area contributed by atoms with Gasteiger partial charge in [0.2, 0.25) is 0 Å². The van der Waals surface area contributed by atoms with Gasteiger partial charge in [0.1, 0.15) is 30.7 Å². The third-order valence-corrected chi connectivity index (χ3v) is 7.89. The Kier molecular flexibility index (Phi) is 21.9. The number of carbonyl (C=O) groups excluding carboxylic acids is 1. The van der Waals surface area contributed by atoms with Gasteiger partial charge in [0.05, 0.1) is 27.7 Å². The van der Waals surface area contributed by atoms with Gasteiger partial charge in [-0.25, -0.2) is 4.57 Å². The van der Waals surface area contributed by atoms with E-state index in [4.69, 9.17) is 13.8 Å². The number of esters is 1. The molecule has 0 rings (SSSR count). The number of rotatable bonds is 25. The smallest absolute Gasteiger partial charge is 0.462 e. The molecule has 3 atom stereocenters. The summed E-state index contributed by atoms with van der Waals surface area (Å²) in [5.41, 5.74) is 0. The normalized spacial score (nSPS) is 15.4. The van der Waals surface area contributed by atoms with Crippen molar-refractivity contribution in [2.45, 2.75) is 114 Å². The third-order valence-electron chi connectivity index (χ3n) is 5.98. The fourth-order valence-electron chi connectivity index (χ4n) is 3.67. The van der Waals surface area contributed by atoms with Crippen molar-refractivity contribution in [3.63, 3.8) is 0 Å². The lowest BCUT2D eigenvalue weighted by Gasteiger charge is -2.24. The molecule has 0 aromatic rings. The van der Waals surface area contributed by atoms with Gasteiger partial charge in [-0.3, -0.25) is 13.8 Å². The second kappa shape index (κ2) is 21.9. The lowest BCUT2D eigenvalue weighted by Crippen LogP contribution is -2.37. The van der Waals surface area contributed by atoms with Crippen LogP contribution in [0.5, 0.6) is 0 Å². The zero-order valence-electron chi connectivity index (χ0n) is 23.3. The first-order valence-electron chi connectivity index (χ1n) is 13.9. The molecular weight excluding hydrogens is 549 g/mol. The highest BCUT2D eigenvalue weighted by Crippen LogP contribution is 2.44. The van der Waals surface area contributed by atoms with Crippen LogP contribution in [0.15, 0.2) is 0 Å². The van der Waals surface area contributed by atoms with Gasteiger partial charge in [-0.1, -0.05) is 113 Å². The minimum absolute atomic E-state index is 0.0257. The van der Waals surface area contributed by atoms with Crippen LogP contribution in [0.4, 0.5) is 0 Å². The van der Waals surface area contributed by atoms with E-state index in [0.717, 1.165) is 12.8 Å². The van der Waals surface area contributed by atoms with Crippen LogP contribution in [-0.4, -0.2) is 78.9 Å². The van der Waals surface area contributed by atoms with Crippen molar-refractivity contribution >= 4 is 29.7 Å². The fourth-order valence-corrected chi connectivity index (χ4v) is 5.00. The summed E-state index contributed by atoms with van der Waals surface area (Å²) < 4.78 is 27.7. The van der Waals surface area contributed by atoms with E-state index in [9.17, 15) is 19.4 Å². The molecule has 0 aliphatic carbocycles. The van der Waals surface area contributed by atoms with Crippen LogP contribution in [0.3, 0.4) is 0 Å². The van der Waals surface area contributed by atoms with Gasteiger partial charge in [-0.2, -0.15) is 0 Å². The second-order valence-electron chi connectivity index (χ2n) is 10.7. The Bertz CT molecular complexity index is 589. The molecule has 0 saturated carbocycles. The van der Waals surface area contributed by atoms with E-state index >= 15 is 0 Å². The van der Waals surface area contributed by atoms with Crippen molar-refractivity contribution in [3.05, 3.63) is 0 Å². The summed E-state index contributed by atoms with van der Waals surface area (Å²) >= 11 is 3.36. The molecule has 0 radical (unpaired) electrons. The SMILES string of the molecule is CCCCCCCCCCCCCCCCC(Br)C(=O)OC[C@H](CO)OP(=O)(O)OCC[N+](C)(C)C. The first-order chi connectivity index (χ1) is 17.0. The first-order valence-corrected chi connectivity index (χ1v) is 16.3. The Labute approximate surface area is 228 Å². The van der Waals surface area contributed by atoms with Crippen LogP contribution in [-0.2, 0) is 23.1 Å². The van der Waals surface area contributed by atoms with Crippen LogP contribution in [0.2, 0.25) is 0 Å². The van der Waals surface area contributed by atoms with Gasteiger partial charge in [0.25, 0.3) is 0 Å². The molecule has 0 amide bonds. The Balaban J connectivity index is 3.82. The van der Waals surface area contributed by atoms with Gasteiger partial charge in [0, 0.05) is 0 Å². The molecule has 10 heteroatoms. The standard InChI is InChI=1S/C26H53BrNO7P/c1-5-6-7-8-9-10-11-12-13-14-15-16-17-18-19-25(27)26(30)33-23-24(22-29)35-36(31,32)34-21-20-28(2,3)4/h24-25,29H,5-23H2,1-4H3/p+1/t24-,25?/m0/s1. The van der Waals surface area contributed by atoms with Gasteiger partial charge in [0.15, 0.2) is 0 Å². The molecule has 8 nitrogen and oxygen atoms in total. The number of likely N-dealkylation sites (N-methyl/N-ethyl adjacent to an activating group) is 1. The Morgan fingerprint density at radius 2 is 1.36 bits per heavy atom. The zero-order chi connectivity index (χ0) is 27.3. The highest BCUT2D eigenvalue weighted by atomic mass is 79.9. The molecule has 0 saturated heterocycles. The number of unbranched alkanes of at least 4 members (excludes halogenated alkanes) is 13. The molecule has 0 fully saturated rings. The molecule has 2 N–H and O–H groups in total. The van der Waals surface area contributed by atoms with E-state index in [-0.39, 0.29) is 13.2 Å². The highest BCUT2D eigenvalue weighted by molar-refractivity contribution is 9.10. The monoisotopic (exact) mass is 602 g/mol. The number of hydrogen-bond acceptors (Lipinski definition) is 6. The van der Waals surface area contributed by atoms with E-state index in [1.165, 1.54) is 77.0 Å². The van der Waals surface area contributed by atoms with Crippen LogP contribution < -0.4 is 0 Å². The number of phosphoric ester groups is 1. The molecule has 36 heavy (non-hydrogen) atoms. The maximum absolute atomic E-state index is 12.2. The largest absolute Gasteiger partial charge is 0.472 e. The summed E-state index contributed by atoms with van der Waals surface area (Å²) in [6, 6.07) is 0. The van der Waals surface area contributed by atoms with Crippen LogP contribution >= 0.6 is 23.8 Å². The lowest BCUT2D eigenvalue weighted by atomic mass is 10.0. The van der Waals surface area contributed by atoms with E-state index < -0.39 is 31.3 Å². The van der Waals surface area contributed by atoms with Crippen LogP contribution in [0.1, 0.15) is 103 Å². The van der Waals surface area contributed by atoms with E-state index in [1.54, 1.807) is 0 Å². The van der Waals surface area contributed by atoms with Crippen LogP contribution in [0.25, 0.3) is 0 Å². The minimum Gasteiger partial charge on any atom is -0.462 e. The maximum atomic E-state index is 12.2. The van der Waals surface area contributed by atoms with E-state index in [0.29, 0.717) is 17.4 Å². The van der Waals surface area contributed by atoms with Crippen molar-refractivity contribution in [1.29, 1.82) is 0 Å². The molecule has 216 valence electrons. The van der Waals surface area contributed by atoms with Gasteiger partial charge < -0.3 is 19.2 Å². The summed E-state index contributed by atoms with van der Waals surface area (Å²) in [6.45, 7) is 1.90. The summed E-state index contributed by atoms with van der Waals surface area (Å²) in [7, 11) is 1.43. The van der Waals surface area contributed by atoms with Crippen molar-refractivity contribution in [2.24, 2.45) is 0 Å². The number of halogens is 1. The summed E-state index contributed by atoms with van der Waals surface area (Å²) in [4.78, 5) is 21.6. The van der Waals surface area contributed by atoms with E-state index in [1.807, 2.05) is 21.1 Å². The summed E-state index contributed by atoms with van der Waals surface area (Å²) in [5.74, 6) is -0.467. The average molecular weight is 604 g/mol. The number of aliphatic hydroxyl groups is 1. The number of ether oxygens (including phenoxy) is 1. The maximum Gasteiger partial charge on any atom is 0.472 e. The molecular formula is C26H54BrNO7P+. The van der Waals surface area contributed by atoms with Gasteiger partial charge in [-0.15, -0.1) is 0 Å². The Morgan fingerprint density at radius 1 is 0.889 bits per heavy atom. The molecule has 0 spiro atoms. The van der Waals surface area contributed by atoms with Gasteiger partial charge >= 0.3 is 13.8 Å². The number of nitrogens with zero attached hydrogens (tertiary/aromatic N) is 1. The molecule has 0 heterocycles. The first kappa shape index (κ1) is 36.0. The number of carbonyl (C=O) groups is 1. The van der Waals surface area contributed by atoms with E-state index in [2.05, 4.69) is 22.9 Å². The zero-order valence-corrected chi connectivity index (χ0v) is 25.8. The predicted octanol–water partition coefficient (Wildman–Crippen LogP) is 6.37. The van der Waals surface area contributed by atoms with Gasteiger partial charge in [-0.05, 0) is 6.42 Å². The molecule has 0 aromatic heterocycles. The van der Waals surface area contributed by atoms with Crippen molar-refractivity contribution in [3.8, 4) is 0 Å². The number of hydrogen-bond donors (Lipinski definition) is 2. The third kappa shape index (κ3) is 23.1. The Morgan fingerprint density at radius 3 is 1.81 bits per heavy atom. The van der Waals surface area contributed by atoms with Crippen molar-refractivity contribution in [2.75, 3.05) is 47.5 Å². The average Bonchev–Trinajstić information content (AvgIpc) is 2.80. The molecule has 2 unspecified atom stereocenters. The van der Waals surface area contributed by atoms with Crippen molar-refractivity contribution < 1.29 is 37.6 Å². The molecule has 0 aromatic carbocycles. The summed E-state index contributed by atoms with van der Waals surface area (Å²) in [6.07, 6.45) is 17.5. The Hall–Kier alpha value is -0.0200. The number of phosphoric acid groups is 1. The topological polar surface area (TPSA) is 102 Å².